The maximum Gasteiger partial charge on any atom is 0.120 e. The lowest BCUT2D eigenvalue weighted by Crippen LogP contribution is -2.05. The Balaban J connectivity index is 2.22. The van der Waals surface area contributed by atoms with Gasteiger partial charge in [0.1, 0.15) is 5.75 Å². The monoisotopic (exact) mass is 300 g/mol. The zero-order valence-corrected chi connectivity index (χ0v) is 12.5. The molecule has 2 rings (SSSR count). The van der Waals surface area contributed by atoms with E-state index in [4.69, 9.17) is 27.9 Å². The van der Waals surface area contributed by atoms with Crippen molar-refractivity contribution < 1.29 is 4.74 Å². The molecule has 4 heteroatoms. The summed E-state index contributed by atoms with van der Waals surface area (Å²) in [5.41, 5.74) is 1.02. The molecule has 0 saturated carbocycles. The molecule has 0 spiro atoms. The first kappa shape index (κ1) is 13.7. The number of halogens is 2. The first-order valence-electron chi connectivity index (χ1n) is 5.72. The first-order chi connectivity index (χ1) is 8.56. The van der Waals surface area contributed by atoms with Crippen LogP contribution in [0.4, 0.5) is 0 Å². The summed E-state index contributed by atoms with van der Waals surface area (Å²) < 4.78 is 6.42. The third kappa shape index (κ3) is 3.41. The van der Waals surface area contributed by atoms with Gasteiger partial charge in [0.25, 0.3) is 0 Å². The molecule has 0 saturated heterocycles. The maximum atomic E-state index is 6.45. The second-order valence-electron chi connectivity index (χ2n) is 4.24. The lowest BCUT2D eigenvalue weighted by molar-refractivity contribution is 0.242. The highest BCUT2D eigenvalue weighted by Crippen LogP contribution is 2.36. The topological polar surface area (TPSA) is 9.23 Å². The summed E-state index contributed by atoms with van der Waals surface area (Å²) >= 11 is 13.9. The predicted octanol–water partition coefficient (Wildman–Crippen LogP) is 5.52. The van der Waals surface area contributed by atoms with Crippen LogP contribution in [0.15, 0.2) is 36.4 Å². The quantitative estimate of drug-likeness (QED) is 0.676. The Hall–Kier alpha value is -0.700. The summed E-state index contributed by atoms with van der Waals surface area (Å²) in [6.45, 7) is 4.01. The summed E-state index contributed by atoms with van der Waals surface area (Å²) in [4.78, 5) is 1.04. The van der Waals surface area contributed by atoms with Gasteiger partial charge in [-0.05, 0) is 43.7 Å². The number of thiophene rings is 1. The number of hydrogen-bond donors (Lipinski definition) is 0. The average molecular weight is 301 g/mol. The van der Waals surface area contributed by atoms with Crippen molar-refractivity contribution in [1.29, 1.82) is 0 Å². The van der Waals surface area contributed by atoms with Crippen LogP contribution < -0.4 is 4.74 Å². The SMILES string of the molecule is CC(C)Oc1cccc(C(Cl)c2ccc(Cl)s2)c1. The Bertz CT molecular complexity index is 522. The minimum Gasteiger partial charge on any atom is -0.491 e. The Labute approximate surface area is 121 Å². The third-order valence-corrected chi connectivity index (χ3v) is 4.28. The van der Waals surface area contributed by atoms with Gasteiger partial charge in [0.2, 0.25) is 0 Å². The van der Waals surface area contributed by atoms with Crippen molar-refractivity contribution in [2.75, 3.05) is 0 Å². The Morgan fingerprint density at radius 3 is 2.56 bits per heavy atom. The van der Waals surface area contributed by atoms with Gasteiger partial charge in [-0.1, -0.05) is 23.7 Å². The van der Waals surface area contributed by atoms with Gasteiger partial charge in [0.15, 0.2) is 0 Å². The van der Waals surface area contributed by atoms with Crippen LogP contribution in [0, 0.1) is 0 Å². The molecule has 1 atom stereocenters. The van der Waals surface area contributed by atoms with Gasteiger partial charge in [-0.2, -0.15) is 0 Å². The van der Waals surface area contributed by atoms with Crippen molar-refractivity contribution >= 4 is 34.5 Å². The Kier molecular flexibility index (Phi) is 4.55. The molecule has 2 aromatic rings. The van der Waals surface area contributed by atoms with Gasteiger partial charge in [-0.15, -0.1) is 22.9 Å². The van der Waals surface area contributed by atoms with E-state index in [1.165, 1.54) is 11.3 Å². The van der Waals surface area contributed by atoms with Crippen LogP contribution in [0.2, 0.25) is 4.34 Å². The van der Waals surface area contributed by atoms with Crippen LogP contribution in [-0.4, -0.2) is 6.10 Å². The van der Waals surface area contributed by atoms with E-state index < -0.39 is 0 Å². The van der Waals surface area contributed by atoms with Crippen molar-refractivity contribution in [3.05, 3.63) is 51.2 Å². The molecule has 0 bridgehead atoms. The summed E-state index contributed by atoms with van der Waals surface area (Å²) in [6.07, 6.45) is 0.158. The van der Waals surface area contributed by atoms with Gasteiger partial charge in [-0.25, -0.2) is 0 Å². The normalized spacial score (nSPS) is 12.7. The molecular formula is C14H14Cl2OS. The zero-order valence-electron chi connectivity index (χ0n) is 10.2. The molecule has 0 aliphatic rings. The smallest absolute Gasteiger partial charge is 0.120 e. The fraction of sp³-hybridized carbons (Fsp3) is 0.286. The van der Waals surface area contributed by atoms with Crippen molar-refractivity contribution in [3.8, 4) is 5.75 Å². The summed E-state index contributed by atoms with van der Waals surface area (Å²) in [5.74, 6) is 0.843. The second-order valence-corrected chi connectivity index (χ2v) is 6.43. The van der Waals surface area contributed by atoms with Crippen LogP contribution in [0.1, 0.15) is 29.7 Å². The molecule has 0 amide bonds. The minimum atomic E-state index is -0.182. The minimum absolute atomic E-state index is 0.158. The molecule has 1 heterocycles. The first-order valence-corrected chi connectivity index (χ1v) is 7.35. The van der Waals surface area contributed by atoms with E-state index in [0.29, 0.717) is 0 Å². The number of ether oxygens (including phenoxy) is 1. The zero-order chi connectivity index (χ0) is 13.1. The molecular weight excluding hydrogens is 287 g/mol. The summed E-state index contributed by atoms with van der Waals surface area (Å²) in [6, 6.07) is 11.7. The van der Waals surface area contributed by atoms with Gasteiger partial charge < -0.3 is 4.74 Å². The van der Waals surface area contributed by atoms with Crippen LogP contribution in [0.25, 0.3) is 0 Å². The van der Waals surface area contributed by atoms with E-state index in [9.17, 15) is 0 Å². The molecule has 0 aliphatic carbocycles. The van der Waals surface area contributed by atoms with E-state index >= 15 is 0 Å². The van der Waals surface area contributed by atoms with Gasteiger partial charge in [-0.3, -0.25) is 0 Å². The highest BCUT2D eigenvalue weighted by molar-refractivity contribution is 7.16. The average Bonchev–Trinajstić information content (AvgIpc) is 2.74. The highest BCUT2D eigenvalue weighted by atomic mass is 35.5. The fourth-order valence-corrected chi connectivity index (χ4v) is 3.06. The number of alkyl halides is 1. The van der Waals surface area contributed by atoms with Gasteiger partial charge >= 0.3 is 0 Å². The van der Waals surface area contributed by atoms with Crippen LogP contribution >= 0.6 is 34.5 Å². The molecule has 18 heavy (non-hydrogen) atoms. The molecule has 0 N–H and O–H groups in total. The lowest BCUT2D eigenvalue weighted by Gasteiger charge is -2.13. The van der Waals surface area contributed by atoms with Crippen LogP contribution in [-0.2, 0) is 0 Å². The molecule has 96 valence electrons. The van der Waals surface area contributed by atoms with Crippen molar-refractivity contribution in [1.82, 2.24) is 0 Å². The van der Waals surface area contributed by atoms with E-state index in [1.807, 2.05) is 50.2 Å². The van der Waals surface area contributed by atoms with Crippen molar-refractivity contribution in [2.45, 2.75) is 25.3 Å². The maximum absolute atomic E-state index is 6.45. The molecule has 1 aromatic carbocycles. The lowest BCUT2D eigenvalue weighted by atomic mass is 10.1. The highest BCUT2D eigenvalue weighted by Gasteiger charge is 2.14. The standard InChI is InChI=1S/C14H14Cl2OS/c1-9(2)17-11-5-3-4-10(8-11)14(16)12-6-7-13(15)18-12/h3-9,14H,1-2H3. The van der Waals surface area contributed by atoms with Crippen molar-refractivity contribution in [2.24, 2.45) is 0 Å². The molecule has 1 aromatic heterocycles. The Morgan fingerprint density at radius 1 is 1.17 bits per heavy atom. The van der Waals surface area contributed by atoms with Gasteiger partial charge in [0.05, 0.1) is 15.8 Å². The van der Waals surface area contributed by atoms with Gasteiger partial charge in [0, 0.05) is 4.88 Å². The molecule has 1 nitrogen and oxygen atoms in total. The number of hydrogen-bond acceptors (Lipinski definition) is 2. The molecule has 0 aliphatic heterocycles. The van der Waals surface area contributed by atoms with Crippen molar-refractivity contribution in [3.63, 3.8) is 0 Å². The van der Waals surface area contributed by atoms with Crippen LogP contribution in [0.5, 0.6) is 5.75 Å². The Morgan fingerprint density at radius 2 is 1.94 bits per heavy atom. The van der Waals surface area contributed by atoms with E-state index in [0.717, 1.165) is 20.5 Å². The third-order valence-electron chi connectivity index (χ3n) is 2.37. The summed E-state index contributed by atoms with van der Waals surface area (Å²) in [7, 11) is 0. The van der Waals surface area contributed by atoms with Crippen LogP contribution in [0.3, 0.4) is 0 Å². The van der Waals surface area contributed by atoms with E-state index in [-0.39, 0.29) is 11.5 Å². The summed E-state index contributed by atoms with van der Waals surface area (Å²) in [5, 5.41) is -0.182. The molecule has 1 unspecified atom stereocenters. The largest absolute Gasteiger partial charge is 0.491 e. The predicted molar refractivity (Wildman–Crippen MR) is 79.2 cm³/mol. The second kappa shape index (κ2) is 5.96. The van der Waals surface area contributed by atoms with E-state index in [2.05, 4.69) is 0 Å². The fourth-order valence-electron chi connectivity index (χ4n) is 1.65. The number of rotatable bonds is 4. The number of benzene rings is 1. The molecule has 0 radical (unpaired) electrons. The molecule has 0 fully saturated rings. The van der Waals surface area contributed by atoms with E-state index in [1.54, 1.807) is 0 Å².